The van der Waals surface area contributed by atoms with Crippen LogP contribution in [0.3, 0.4) is 0 Å². The van der Waals surface area contributed by atoms with Gasteiger partial charge in [-0.05, 0) is 30.0 Å². The maximum absolute atomic E-state index is 11.9. The van der Waals surface area contributed by atoms with Crippen LogP contribution in [0.15, 0.2) is 24.4 Å². The molecule has 0 aliphatic heterocycles. The Balaban J connectivity index is 2.53. The Labute approximate surface area is 108 Å². The second-order valence-corrected chi connectivity index (χ2v) is 5.57. The normalized spacial score (nSPS) is 11.8. The first kappa shape index (κ1) is 12.7. The van der Waals surface area contributed by atoms with Crippen molar-refractivity contribution in [1.82, 2.24) is 10.3 Å². The molecule has 3 nitrogen and oxygen atoms in total. The Morgan fingerprint density at radius 2 is 2.06 bits per heavy atom. The smallest absolute Gasteiger partial charge is 0.253 e. The summed E-state index contributed by atoms with van der Waals surface area (Å²) in [6, 6.07) is 6.26. The summed E-state index contributed by atoms with van der Waals surface area (Å²) in [4.78, 5) is 15.1. The molecule has 2 aromatic rings. The molecule has 1 amide bonds. The first-order valence-electron chi connectivity index (χ1n) is 6.33. The number of carbonyl (C=O) groups is 1. The molecule has 1 aromatic heterocycles. The Morgan fingerprint density at radius 3 is 2.67 bits per heavy atom. The van der Waals surface area contributed by atoms with E-state index in [4.69, 9.17) is 0 Å². The summed E-state index contributed by atoms with van der Waals surface area (Å²) in [5.74, 6) is -0.0187. The minimum Gasteiger partial charge on any atom is -0.360 e. The summed E-state index contributed by atoms with van der Waals surface area (Å²) in [5, 5.41) is 3.83. The molecule has 3 heteroatoms. The topological polar surface area (TPSA) is 44.9 Å². The van der Waals surface area contributed by atoms with Gasteiger partial charge in [0.25, 0.3) is 5.91 Å². The largest absolute Gasteiger partial charge is 0.360 e. The van der Waals surface area contributed by atoms with Gasteiger partial charge in [-0.3, -0.25) is 4.79 Å². The van der Waals surface area contributed by atoms with Gasteiger partial charge in [-0.1, -0.05) is 26.8 Å². The third-order valence-corrected chi connectivity index (χ3v) is 3.13. The second-order valence-electron chi connectivity index (χ2n) is 5.57. The van der Waals surface area contributed by atoms with Crippen molar-refractivity contribution in [3.8, 4) is 0 Å². The second kappa shape index (κ2) is 4.48. The zero-order valence-corrected chi connectivity index (χ0v) is 11.4. The quantitative estimate of drug-likeness (QED) is 0.837. The molecule has 0 atom stereocenters. The van der Waals surface area contributed by atoms with Crippen LogP contribution in [0.5, 0.6) is 0 Å². The van der Waals surface area contributed by atoms with Crippen LogP contribution < -0.4 is 5.32 Å². The molecule has 96 valence electrons. The van der Waals surface area contributed by atoms with E-state index in [1.165, 1.54) is 5.56 Å². The number of amides is 1. The average molecular weight is 244 g/mol. The van der Waals surface area contributed by atoms with Crippen LogP contribution in [0.4, 0.5) is 0 Å². The number of nitrogens with one attached hydrogen (secondary N) is 2. The van der Waals surface area contributed by atoms with Crippen molar-refractivity contribution in [2.45, 2.75) is 33.1 Å². The number of fused-ring (bicyclic) bond motifs is 1. The monoisotopic (exact) mass is 244 g/mol. The number of aromatic nitrogens is 1. The van der Waals surface area contributed by atoms with Crippen molar-refractivity contribution in [2.24, 2.45) is 0 Å². The molecule has 1 heterocycles. The van der Waals surface area contributed by atoms with Crippen molar-refractivity contribution in [1.29, 1.82) is 0 Å². The van der Waals surface area contributed by atoms with E-state index < -0.39 is 0 Å². The van der Waals surface area contributed by atoms with Gasteiger partial charge >= 0.3 is 0 Å². The first-order valence-corrected chi connectivity index (χ1v) is 6.33. The summed E-state index contributed by atoms with van der Waals surface area (Å²) >= 11 is 0. The Hall–Kier alpha value is -1.77. The standard InChI is InChI=1S/C15H20N2O/c1-5-16-14(18)12-9-17-13-7-6-10(8-11(12)13)15(2,3)4/h6-9,17H,5H2,1-4H3,(H,16,18). The molecule has 0 aliphatic carbocycles. The number of hydrogen-bond donors (Lipinski definition) is 2. The van der Waals surface area contributed by atoms with Gasteiger partial charge in [-0.2, -0.15) is 0 Å². The summed E-state index contributed by atoms with van der Waals surface area (Å²) in [6.07, 6.45) is 1.78. The van der Waals surface area contributed by atoms with Crippen LogP contribution in [-0.2, 0) is 5.41 Å². The predicted octanol–water partition coefficient (Wildman–Crippen LogP) is 3.22. The predicted molar refractivity (Wildman–Crippen MR) is 75.0 cm³/mol. The lowest BCUT2D eigenvalue weighted by Crippen LogP contribution is -2.22. The lowest BCUT2D eigenvalue weighted by molar-refractivity contribution is 0.0957. The van der Waals surface area contributed by atoms with Crippen LogP contribution in [0.1, 0.15) is 43.6 Å². The third-order valence-electron chi connectivity index (χ3n) is 3.13. The van der Waals surface area contributed by atoms with E-state index in [2.05, 4.69) is 43.2 Å². The molecule has 2 rings (SSSR count). The highest BCUT2D eigenvalue weighted by Gasteiger charge is 2.17. The van der Waals surface area contributed by atoms with E-state index in [0.717, 1.165) is 16.5 Å². The zero-order chi connectivity index (χ0) is 13.3. The Morgan fingerprint density at radius 1 is 1.33 bits per heavy atom. The summed E-state index contributed by atoms with van der Waals surface area (Å²) in [6.45, 7) is 9.09. The number of benzene rings is 1. The van der Waals surface area contributed by atoms with E-state index >= 15 is 0 Å². The Bertz CT molecular complexity index is 576. The number of carbonyl (C=O) groups excluding carboxylic acids is 1. The van der Waals surface area contributed by atoms with Crippen molar-refractivity contribution in [3.05, 3.63) is 35.5 Å². The van der Waals surface area contributed by atoms with E-state index in [1.807, 2.05) is 13.0 Å². The molecule has 1 aromatic carbocycles. The molecule has 0 fully saturated rings. The summed E-state index contributed by atoms with van der Waals surface area (Å²) in [7, 11) is 0. The fourth-order valence-corrected chi connectivity index (χ4v) is 2.03. The van der Waals surface area contributed by atoms with E-state index in [-0.39, 0.29) is 11.3 Å². The lowest BCUT2D eigenvalue weighted by Gasteiger charge is -2.19. The van der Waals surface area contributed by atoms with Crippen LogP contribution in [0.25, 0.3) is 10.9 Å². The third kappa shape index (κ3) is 2.26. The van der Waals surface area contributed by atoms with Gasteiger partial charge in [0.05, 0.1) is 5.56 Å². The minimum atomic E-state index is -0.0187. The average Bonchev–Trinajstić information content (AvgIpc) is 2.70. The van der Waals surface area contributed by atoms with Crippen molar-refractivity contribution in [3.63, 3.8) is 0 Å². The highest BCUT2D eigenvalue weighted by molar-refractivity contribution is 6.06. The van der Waals surface area contributed by atoms with Crippen LogP contribution in [-0.4, -0.2) is 17.4 Å². The van der Waals surface area contributed by atoms with Crippen molar-refractivity contribution in [2.75, 3.05) is 6.54 Å². The number of hydrogen-bond acceptors (Lipinski definition) is 1. The molecule has 0 unspecified atom stereocenters. The van der Waals surface area contributed by atoms with E-state index in [0.29, 0.717) is 6.54 Å². The van der Waals surface area contributed by atoms with Gasteiger partial charge in [0.2, 0.25) is 0 Å². The maximum atomic E-state index is 11.9. The first-order chi connectivity index (χ1) is 8.43. The van der Waals surface area contributed by atoms with Gasteiger partial charge in [-0.15, -0.1) is 0 Å². The van der Waals surface area contributed by atoms with Gasteiger partial charge in [0.15, 0.2) is 0 Å². The lowest BCUT2D eigenvalue weighted by atomic mass is 9.86. The maximum Gasteiger partial charge on any atom is 0.253 e. The molecular formula is C15H20N2O. The summed E-state index contributed by atoms with van der Waals surface area (Å²) in [5.41, 5.74) is 3.05. The van der Waals surface area contributed by atoms with E-state index in [1.54, 1.807) is 6.20 Å². The molecule has 0 aliphatic rings. The molecule has 0 saturated heterocycles. The van der Waals surface area contributed by atoms with Crippen molar-refractivity contribution >= 4 is 16.8 Å². The SMILES string of the molecule is CCNC(=O)c1c[nH]c2ccc(C(C)(C)C)cc12. The highest BCUT2D eigenvalue weighted by Crippen LogP contribution is 2.27. The van der Waals surface area contributed by atoms with Gasteiger partial charge < -0.3 is 10.3 Å². The fraction of sp³-hybridized carbons (Fsp3) is 0.400. The van der Waals surface area contributed by atoms with Crippen LogP contribution in [0.2, 0.25) is 0 Å². The molecule has 0 bridgehead atoms. The fourth-order valence-electron chi connectivity index (χ4n) is 2.03. The molecule has 0 radical (unpaired) electrons. The highest BCUT2D eigenvalue weighted by atomic mass is 16.1. The van der Waals surface area contributed by atoms with Gasteiger partial charge in [0.1, 0.15) is 0 Å². The van der Waals surface area contributed by atoms with Crippen LogP contribution in [0, 0.1) is 0 Å². The van der Waals surface area contributed by atoms with E-state index in [9.17, 15) is 4.79 Å². The Kier molecular flexibility index (Phi) is 3.16. The summed E-state index contributed by atoms with van der Waals surface area (Å²) < 4.78 is 0. The van der Waals surface area contributed by atoms with Crippen molar-refractivity contribution < 1.29 is 4.79 Å². The number of aromatic amines is 1. The molecule has 0 spiro atoms. The molecular weight excluding hydrogens is 224 g/mol. The van der Waals surface area contributed by atoms with Crippen LogP contribution >= 0.6 is 0 Å². The number of rotatable bonds is 2. The van der Waals surface area contributed by atoms with Gasteiger partial charge in [-0.25, -0.2) is 0 Å². The molecule has 2 N–H and O–H groups in total. The number of H-pyrrole nitrogens is 1. The molecule has 18 heavy (non-hydrogen) atoms. The minimum absolute atomic E-state index is 0.0187. The van der Waals surface area contributed by atoms with Gasteiger partial charge in [0, 0.05) is 23.6 Å². The zero-order valence-electron chi connectivity index (χ0n) is 11.4. The molecule has 0 saturated carbocycles.